The number of anilines is 2. The van der Waals surface area contributed by atoms with Crippen LogP contribution in [-0.4, -0.2) is 17.7 Å². The lowest BCUT2D eigenvalue weighted by Gasteiger charge is -2.18. The first kappa shape index (κ1) is 18.4. The molecule has 2 atom stereocenters. The summed E-state index contributed by atoms with van der Waals surface area (Å²) < 4.78 is 0. The SMILES string of the molecule is CC1=CC[C@H]2C(=O)N(c3ccc(C(=O)Nc4ccccc4Cl)cc3)C(=O)[C@@H]2C1. The van der Waals surface area contributed by atoms with E-state index >= 15 is 0 Å². The van der Waals surface area contributed by atoms with Crippen molar-refractivity contribution in [2.75, 3.05) is 10.2 Å². The second-order valence-corrected chi connectivity index (χ2v) is 7.60. The normalized spacial score (nSPS) is 21.4. The fourth-order valence-electron chi connectivity index (χ4n) is 3.81. The van der Waals surface area contributed by atoms with Crippen LogP contribution in [0.3, 0.4) is 0 Å². The van der Waals surface area contributed by atoms with Gasteiger partial charge in [-0.2, -0.15) is 0 Å². The van der Waals surface area contributed by atoms with Crippen LogP contribution in [0, 0.1) is 11.8 Å². The molecule has 0 aromatic heterocycles. The van der Waals surface area contributed by atoms with E-state index in [9.17, 15) is 14.4 Å². The molecular formula is C22H19ClN2O3. The standard InChI is InChI=1S/C22H19ClN2O3/c1-13-6-11-16-17(12-13)22(28)25(21(16)27)15-9-7-14(8-10-15)20(26)24-19-5-3-2-4-18(19)23/h2-10,16-17H,11-12H2,1H3,(H,24,26)/t16-,17-/m1/s1. The van der Waals surface area contributed by atoms with Gasteiger partial charge in [0.15, 0.2) is 0 Å². The average Bonchev–Trinajstić information content (AvgIpc) is 2.93. The lowest BCUT2D eigenvalue weighted by molar-refractivity contribution is -0.122. The van der Waals surface area contributed by atoms with Gasteiger partial charge in [-0.15, -0.1) is 0 Å². The van der Waals surface area contributed by atoms with Crippen LogP contribution in [0.15, 0.2) is 60.2 Å². The Bertz CT molecular complexity index is 997. The highest BCUT2D eigenvalue weighted by molar-refractivity contribution is 6.33. The Morgan fingerprint density at radius 1 is 1.04 bits per heavy atom. The minimum absolute atomic E-state index is 0.157. The minimum atomic E-state index is -0.313. The highest BCUT2D eigenvalue weighted by atomic mass is 35.5. The van der Waals surface area contributed by atoms with Gasteiger partial charge in [-0.1, -0.05) is 35.4 Å². The maximum absolute atomic E-state index is 12.8. The van der Waals surface area contributed by atoms with Gasteiger partial charge in [0.1, 0.15) is 0 Å². The molecule has 0 unspecified atom stereocenters. The predicted molar refractivity (Wildman–Crippen MR) is 108 cm³/mol. The first-order valence-electron chi connectivity index (χ1n) is 9.15. The number of hydrogen-bond donors (Lipinski definition) is 1. The number of carbonyl (C=O) groups excluding carboxylic acids is 3. The van der Waals surface area contributed by atoms with E-state index in [2.05, 4.69) is 5.32 Å². The third-order valence-electron chi connectivity index (χ3n) is 5.33. The lowest BCUT2D eigenvalue weighted by Crippen LogP contribution is -2.30. The molecule has 2 aliphatic rings. The fraction of sp³-hybridized carbons (Fsp3) is 0.227. The molecule has 5 nitrogen and oxygen atoms in total. The van der Waals surface area contributed by atoms with Gasteiger partial charge in [-0.25, -0.2) is 0 Å². The second kappa shape index (κ2) is 7.24. The Morgan fingerprint density at radius 3 is 2.43 bits per heavy atom. The highest BCUT2D eigenvalue weighted by Crippen LogP contribution is 2.39. The molecule has 1 aliphatic carbocycles. The topological polar surface area (TPSA) is 66.5 Å². The molecule has 6 heteroatoms. The maximum Gasteiger partial charge on any atom is 0.255 e. The van der Waals surface area contributed by atoms with E-state index in [0.29, 0.717) is 34.8 Å². The molecular weight excluding hydrogens is 376 g/mol. The predicted octanol–water partition coefficient (Wildman–Crippen LogP) is 4.44. The number of rotatable bonds is 3. The van der Waals surface area contributed by atoms with Crippen LogP contribution >= 0.6 is 11.6 Å². The summed E-state index contributed by atoms with van der Waals surface area (Å²) in [4.78, 5) is 39.2. The van der Waals surface area contributed by atoms with E-state index in [1.54, 1.807) is 48.5 Å². The Hall–Kier alpha value is -2.92. The molecule has 0 spiro atoms. The number of benzene rings is 2. The van der Waals surface area contributed by atoms with Crippen LogP contribution in [0.4, 0.5) is 11.4 Å². The molecule has 1 heterocycles. The summed E-state index contributed by atoms with van der Waals surface area (Å²) in [5.41, 5.74) is 2.58. The van der Waals surface area contributed by atoms with E-state index in [1.807, 2.05) is 13.0 Å². The zero-order valence-electron chi connectivity index (χ0n) is 15.3. The molecule has 1 aliphatic heterocycles. The van der Waals surface area contributed by atoms with Gasteiger partial charge in [0.2, 0.25) is 11.8 Å². The Labute approximate surface area is 168 Å². The summed E-state index contributed by atoms with van der Waals surface area (Å²) in [6.07, 6.45) is 3.28. The molecule has 1 saturated heterocycles. The summed E-state index contributed by atoms with van der Waals surface area (Å²) >= 11 is 6.07. The molecule has 0 bridgehead atoms. The largest absolute Gasteiger partial charge is 0.321 e. The Balaban J connectivity index is 1.52. The monoisotopic (exact) mass is 394 g/mol. The number of carbonyl (C=O) groups is 3. The first-order valence-corrected chi connectivity index (χ1v) is 9.53. The molecule has 1 N–H and O–H groups in total. The van der Waals surface area contributed by atoms with Crippen molar-refractivity contribution in [1.29, 1.82) is 0 Å². The number of amides is 3. The van der Waals surface area contributed by atoms with Crippen molar-refractivity contribution in [3.63, 3.8) is 0 Å². The number of halogens is 1. The maximum atomic E-state index is 12.8. The lowest BCUT2D eigenvalue weighted by atomic mass is 9.82. The van der Waals surface area contributed by atoms with Crippen LogP contribution in [-0.2, 0) is 9.59 Å². The number of para-hydroxylation sites is 1. The van der Waals surface area contributed by atoms with Gasteiger partial charge < -0.3 is 5.32 Å². The number of hydrogen-bond acceptors (Lipinski definition) is 3. The molecule has 1 fully saturated rings. The van der Waals surface area contributed by atoms with Crippen molar-refractivity contribution in [2.45, 2.75) is 19.8 Å². The van der Waals surface area contributed by atoms with Crippen LogP contribution < -0.4 is 10.2 Å². The summed E-state index contributed by atoms with van der Waals surface area (Å²) in [5.74, 6) is -1.19. The molecule has 2 aromatic rings. The quantitative estimate of drug-likeness (QED) is 0.618. The Morgan fingerprint density at radius 2 is 1.71 bits per heavy atom. The van der Waals surface area contributed by atoms with Crippen molar-refractivity contribution in [3.8, 4) is 0 Å². The van der Waals surface area contributed by atoms with Crippen molar-refractivity contribution in [1.82, 2.24) is 0 Å². The number of allylic oxidation sites excluding steroid dienone is 2. The van der Waals surface area contributed by atoms with Crippen molar-refractivity contribution in [2.24, 2.45) is 11.8 Å². The van der Waals surface area contributed by atoms with E-state index in [1.165, 1.54) is 4.90 Å². The summed E-state index contributed by atoms with van der Waals surface area (Å²) in [5, 5.41) is 3.20. The third-order valence-corrected chi connectivity index (χ3v) is 5.66. The number of nitrogens with one attached hydrogen (secondary N) is 1. The summed E-state index contributed by atoms with van der Waals surface area (Å²) in [7, 11) is 0. The van der Waals surface area contributed by atoms with Gasteiger partial charge in [-0.05, 0) is 56.2 Å². The molecule has 2 aromatic carbocycles. The summed E-state index contributed by atoms with van der Waals surface area (Å²) in [6.45, 7) is 1.99. The molecule has 0 saturated carbocycles. The number of fused-ring (bicyclic) bond motifs is 1. The zero-order valence-corrected chi connectivity index (χ0v) is 16.1. The molecule has 4 rings (SSSR count). The molecule has 28 heavy (non-hydrogen) atoms. The second-order valence-electron chi connectivity index (χ2n) is 7.20. The van der Waals surface area contributed by atoms with E-state index in [4.69, 9.17) is 11.6 Å². The molecule has 0 radical (unpaired) electrons. The van der Waals surface area contributed by atoms with Crippen molar-refractivity contribution in [3.05, 3.63) is 70.8 Å². The van der Waals surface area contributed by atoms with Gasteiger partial charge in [0, 0.05) is 5.56 Å². The van der Waals surface area contributed by atoms with Crippen molar-refractivity contribution < 1.29 is 14.4 Å². The van der Waals surface area contributed by atoms with Gasteiger partial charge in [0.25, 0.3) is 5.91 Å². The minimum Gasteiger partial charge on any atom is -0.321 e. The van der Waals surface area contributed by atoms with Gasteiger partial charge >= 0.3 is 0 Å². The van der Waals surface area contributed by atoms with Gasteiger partial charge in [-0.3, -0.25) is 19.3 Å². The van der Waals surface area contributed by atoms with Crippen LogP contribution in [0.25, 0.3) is 0 Å². The van der Waals surface area contributed by atoms with E-state index in [0.717, 1.165) is 5.57 Å². The van der Waals surface area contributed by atoms with E-state index in [-0.39, 0.29) is 29.6 Å². The molecule has 3 amide bonds. The molecule has 142 valence electrons. The Kier molecular flexibility index (Phi) is 4.77. The summed E-state index contributed by atoms with van der Waals surface area (Å²) in [6, 6.07) is 13.5. The van der Waals surface area contributed by atoms with Crippen molar-refractivity contribution >= 4 is 40.7 Å². The number of imide groups is 1. The van der Waals surface area contributed by atoms with Crippen LogP contribution in [0.2, 0.25) is 5.02 Å². The van der Waals surface area contributed by atoms with Crippen LogP contribution in [0.5, 0.6) is 0 Å². The first-order chi connectivity index (χ1) is 13.5. The smallest absolute Gasteiger partial charge is 0.255 e. The van der Waals surface area contributed by atoms with E-state index < -0.39 is 0 Å². The van der Waals surface area contributed by atoms with Crippen LogP contribution in [0.1, 0.15) is 30.1 Å². The van der Waals surface area contributed by atoms with Gasteiger partial charge in [0.05, 0.1) is 28.2 Å². The highest BCUT2D eigenvalue weighted by Gasteiger charge is 2.48. The average molecular weight is 395 g/mol. The zero-order chi connectivity index (χ0) is 19.8. The number of nitrogens with zero attached hydrogens (tertiary/aromatic N) is 1. The fourth-order valence-corrected chi connectivity index (χ4v) is 3.99. The third kappa shape index (κ3) is 3.22.